The van der Waals surface area contributed by atoms with Gasteiger partial charge in [0.25, 0.3) is 0 Å². The van der Waals surface area contributed by atoms with Crippen molar-refractivity contribution in [1.29, 1.82) is 0 Å². The number of rotatable bonds is 3. The van der Waals surface area contributed by atoms with Crippen LogP contribution in [0.3, 0.4) is 0 Å². The predicted octanol–water partition coefficient (Wildman–Crippen LogP) is 1.02. The number of para-hydroxylation sites is 1. The normalized spacial score (nSPS) is 18.9. The SMILES string of the molecule is O=C(O)C1COCCN1C(=O)Cc1c[nH]c2ccccc12. The van der Waals surface area contributed by atoms with E-state index in [1.807, 2.05) is 24.3 Å². The summed E-state index contributed by atoms with van der Waals surface area (Å²) in [5.74, 6) is -1.21. The van der Waals surface area contributed by atoms with Crippen molar-refractivity contribution in [1.82, 2.24) is 9.88 Å². The number of carboxylic acid groups (broad SMARTS) is 1. The lowest BCUT2D eigenvalue weighted by molar-refractivity contribution is -0.157. The molecule has 110 valence electrons. The summed E-state index contributed by atoms with van der Waals surface area (Å²) in [6, 6.07) is 6.84. The van der Waals surface area contributed by atoms with E-state index in [1.165, 1.54) is 4.90 Å². The van der Waals surface area contributed by atoms with Crippen LogP contribution in [0, 0.1) is 0 Å². The highest BCUT2D eigenvalue weighted by molar-refractivity contribution is 5.90. The van der Waals surface area contributed by atoms with Gasteiger partial charge in [0.15, 0.2) is 6.04 Å². The Hall–Kier alpha value is -2.34. The molecule has 0 saturated carbocycles. The number of hydrogen-bond acceptors (Lipinski definition) is 3. The zero-order valence-electron chi connectivity index (χ0n) is 11.4. The van der Waals surface area contributed by atoms with Crippen LogP contribution in [-0.4, -0.2) is 52.7 Å². The third kappa shape index (κ3) is 2.62. The van der Waals surface area contributed by atoms with E-state index in [2.05, 4.69) is 4.98 Å². The molecule has 0 spiro atoms. The first kappa shape index (κ1) is 13.6. The number of ether oxygens (including phenoxy) is 1. The summed E-state index contributed by atoms with van der Waals surface area (Å²) in [6.07, 6.45) is 1.99. The third-order valence-corrected chi connectivity index (χ3v) is 3.75. The minimum Gasteiger partial charge on any atom is -0.480 e. The maximum Gasteiger partial charge on any atom is 0.328 e. The van der Waals surface area contributed by atoms with E-state index in [0.717, 1.165) is 16.5 Å². The van der Waals surface area contributed by atoms with Crippen LogP contribution < -0.4 is 0 Å². The van der Waals surface area contributed by atoms with E-state index < -0.39 is 12.0 Å². The Morgan fingerprint density at radius 1 is 1.38 bits per heavy atom. The summed E-state index contributed by atoms with van der Waals surface area (Å²) >= 11 is 0. The van der Waals surface area contributed by atoms with Crippen molar-refractivity contribution in [3.8, 4) is 0 Å². The number of H-pyrrole nitrogens is 1. The summed E-state index contributed by atoms with van der Waals surface area (Å²) in [7, 11) is 0. The molecule has 2 aromatic rings. The minimum absolute atomic E-state index is 0.0506. The number of morpholine rings is 1. The van der Waals surface area contributed by atoms with Gasteiger partial charge in [-0.15, -0.1) is 0 Å². The number of fused-ring (bicyclic) bond motifs is 1. The van der Waals surface area contributed by atoms with E-state index in [9.17, 15) is 14.7 Å². The van der Waals surface area contributed by atoms with Crippen molar-refractivity contribution in [3.05, 3.63) is 36.0 Å². The van der Waals surface area contributed by atoms with E-state index >= 15 is 0 Å². The third-order valence-electron chi connectivity index (χ3n) is 3.75. The van der Waals surface area contributed by atoms with Gasteiger partial charge in [-0.1, -0.05) is 18.2 Å². The smallest absolute Gasteiger partial charge is 0.328 e. The summed E-state index contributed by atoms with van der Waals surface area (Å²) in [6.45, 7) is 0.747. The molecule has 1 saturated heterocycles. The van der Waals surface area contributed by atoms with Crippen molar-refractivity contribution in [2.45, 2.75) is 12.5 Å². The van der Waals surface area contributed by atoms with Crippen molar-refractivity contribution in [2.24, 2.45) is 0 Å². The lowest BCUT2D eigenvalue weighted by Crippen LogP contribution is -2.53. The molecule has 21 heavy (non-hydrogen) atoms. The van der Waals surface area contributed by atoms with Gasteiger partial charge >= 0.3 is 5.97 Å². The molecule has 1 atom stereocenters. The Kier molecular flexibility index (Phi) is 3.62. The largest absolute Gasteiger partial charge is 0.480 e. The second-order valence-electron chi connectivity index (χ2n) is 5.05. The Morgan fingerprint density at radius 3 is 3.00 bits per heavy atom. The Bertz CT molecular complexity index is 679. The van der Waals surface area contributed by atoms with Gasteiger partial charge in [-0.05, 0) is 11.6 Å². The zero-order valence-corrected chi connectivity index (χ0v) is 11.4. The van der Waals surface area contributed by atoms with Crippen LogP contribution in [0.4, 0.5) is 0 Å². The average molecular weight is 288 g/mol. The second-order valence-corrected chi connectivity index (χ2v) is 5.05. The first-order valence-electron chi connectivity index (χ1n) is 6.82. The van der Waals surface area contributed by atoms with Gasteiger partial charge in [-0.3, -0.25) is 4.79 Å². The number of nitrogens with zero attached hydrogens (tertiary/aromatic N) is 1. The zero-order chi connectivity index (χ0) is 14.8. The van der Waals surface area contributed by atoms with E-state index in [-0.39, 0.29) is 18.9 Å². The molecule has 1 aromatic carbocycles. The molecule has 1 aliphatic rings. The van der Waals surface area contributed by atoms with Crippen LogP contribution >= 0.6 is 0 Å². The lowest BCUT2D eigenvalue weighted by Gasteiger charge is -2.32. The molecule has 2 N–H and O–H groups in total. The van der Waals surface area contributed by atoms with Gasteiger partial charge in [-0.2, -0.15) is 0 Å². The van der Waals surface area contributed by atoms with Crippen LogP contribution in [-0.2, 0) is 20.7 Å². The molecular formula is C15H16N2O4. The van der Waals surface area contributed by atoms with Gasteiger partial charge in [-0.25, -0.2) is 4.79 Å². The number of amides is 1. The molecule has 1 amide bonds. The summed E-state index contributed by atoms with van der Waals surface area (Å²) in [5.41, 5.74) is 1.85. The molecule has 0 bridgehead atoms. The number of carbonyl (C=O) groups is 2. The fourth-order valence-electron chi connectivity index (χ4n) is 2.65. The van der Waals surface area contributed by atoms with Crippen molar-refractivity contribution in [2.75, 3.05) is 19.8 Å². The topological polar surface area (TPSA) is 82.6 Å². The number of benzene rings is 1. The van der Waals surface area contributed by atoms with Crippen molar-refractivity contribution >= 4 is 22.8 Å². The minimum atomic E-state index is -1.03. The van der Waals surface area contributed by atoms with Gasteiger partial charge in [0.1, 0.15) is 0 Å². The first-order valence-corrected chi connectivity index (χ1v) is 6.82. The monoisotopic (exact) mass is 288 g/mol. The molecule has 1 fully saturated rings. The number of aromatic nitrogens is 1. The van der Waals surface area contributed by atoms with Gasteiger partial charge < -0.3 is 19.7 Å². The number of aliphatic carboxylic acids is 1. The van der Waals surface area contributed by atoms with Crippen LogP contribution in [0.5, 0.6) is 0 Å². The molecule has 1 aromatic heterocycles. The van der Waals surface area contributed by atoms with Crippen LogP contribution in [0.1, 0.15) is 5.56 Å². The molecule has 1 unspecified atom stereocenters. The number of aromatic amines is 1. The highest BCUT2D eigenvalue weighted by Crippen LogP contribution is 2.19. The summed E-state index contributed by atoms with van der Waals surface area (Å²) < 4.78 is 5.15. The molecule has 0 radical (unpaired) electrons. The standard InChI is InChI=1S/C15H16N2O4/c18-14(17-5-6-21-9-13(17)15(19)20)7-10-8-16-12-4-2-1-3-11(10)12/h1-4,8,13,16H,5-7,9H2,(H,19,20). The van der Waals surface area contributed by atoms with E-state index in [4.69, 9.17) is 4.74 Å². The van der Waals surface area contributed by atoms with E-state index in [0.29, 0.717) is 13.2 Å². The number of carbonyl (C=O) groups excluding carboxylic acids is 1. The highest BCUT2D eigenvalue weighted by atomic mass is 16.5. The molecule has 2 heterocycles. The quantitative estimate of drug-likeness (QED) is 0.883. The van der Waals surface area contributed by atoms with Gasteiger partial charge in [0.05, 0.1) is 19.6 Å². The summed E-state index contributed by atoms with van der Waals surface area (Å²) in [5, 5.41) is 10.2. The second kappa shape index (κ2) is 5.57. The maximum absolute atomic E-state index is 12.4. The van der Waals surface area contributed by atoms with E-state index in [1.54, 1.807) is 6.20 Å². The molecular weight excluding hydrogens is 272 g/mol. The molecule has 1 aliphatic heterocycles. The fraction of sp³-hybridized carbons (Fsp3) is 0.333. The Morgan fingerprint density at radius 2 is 2.19 bits per heavy atom. The predicted molar refractivity (Wildman–Crippen MR) is 76.0 cm³/mol. The van der Waals surface area contributed by atoms with Crippen LogP contribution in [0.2, 0.25) is 0 Å². The van der Waals surface area contributed by atoms with Crippen LogP contribution in [0.15, 0.2) is 30.5 Å². The highest BCUT2D eigenvalue weighted by Gasteiger charge is 2.32. The lowest BCUT2D eigenvalue weighted by atomic mass is 10.1. The first-order chi connectivity index (χ1) is 10.2. The number of hydrogen-bond donors (Lipinski definition) is 2. The van der Waals surface area contributed by atoms with Gasteiger partial charge in [0, 0.05) is 23.6 Å². The molecule has 3 rings (SSSR count). The Balaban J connectivity index is 1.80. The molecule has 6 nitrogen and oxygen atoms in total. The number of nitrogens with one attached hydrogen (secondary N) is 1. The fourth-order valence-corrected chi connectivity index (χ4v) is 2.65. The van der Waals surface area contributed by atoms with Crippen LogP contribution in [0.25, 0.3) is 10.9 Å². The Labute approximate surface area is 121 Å². The average Bonchev–Trinajstić information content (AvgIpc) is 2.90. The van der Waals surface area contributed by atoms with Crippen molar-refractivity contribution < 1.29 is 19.4 Å². The van der Waals surface area contributed by atoms with Crippen molar-refractivity contribution in [3.63, 3.8) is 0 Å². The molecule has 0 aliphatic carbocycles. The van der Waals surface area contributed by atoms with Gasteiger partial charge in [0.2, 0.25) is 5.91 Å². The maximum atomic E-state index is 12.4. The number of carboxylic acids is 1. The molecule has 6 heteroatoms. The summed E-state index contributed by atoms with van der Waals surface area (Å²) in [4.78, 5) is 28.1.